The first kappa shape index (κ1) is 17.3. The van der Waals surface area contributed by atoms with Gasteiger partial charge >= 0.3 is 0 Å². The standard InChI is InChI=1S/C18H22N2O5/c1-11-4-6-16(24-11)14-8-20(9-15(14)19-12(2)21)18(22)17-7-5-13(25-17)10-23-3/h4-7,14-15H,8-10H2,1-3H3,(H,19,21)/t14-,15-/m0/s1. The van der Waals surface area contributed by atoms with Crippen LogP contribution in [0.1, 0.15) is 40.7 Å². The number of ether oxygens (including phenoxy) is 1. The molecule has 2 atom stereocenters. The van der Waals surface area contributed by atoms with Crippen LogP contribution in [0.25, 0.3) is 0 Å². The maximum Gasteiger partial charge on any atom is 0.289 e. The summed E-state index contributed by atoms with van der Waals surface area (Å²) in [6, 6.07) is 6.96. The monoisotopic (exact) mass is 346 g/mol. The number of furan rings is 2. The number of hydrogen-bond donors (Lipinski definition) is 1. The largest absolute Gasteiger partial charge is 0.466 e. The number of hydrogen-bond acceptors (Lipinski definition) is 5. The van der Waals surface area contributed by atoms with Crippen molar-refractivity contribution in [2.24, 2.45) is 0 Å². The van der Waals surface area contributed by atoms with Crippen LogP contribution in [-0.2, 0) is 16.1 Å². The summed E-state index contributed by atoms with van der Waals surface area (Å²) in [6.45, 7) is 4.52. The summed E-state index contributed by atoms with van der Waals surface area (Å²) < 4.78 is 16.3. The minimum atomic E-state index is -0.205. The maximum atomic E-state index is 12.7. The predicted molar refractivity (Wildman–Crippen MR) is 89.1 cm³/mol. The molecule has 3 rings (SSSR count). The molecule has 0 spiro atoms. The molecule has 134 valence electrons. The SMILES string of the molecule is COCc1ccc(C(=O)N2C[C@H](NC(C)=O)[C@@H](c3ccc(C)o3)C2)o1. The van der Waals surface area contributed by atoms with Crippen molar-refractivity contribution < 1.29 is 23.2 Å². The summed E-state index contributed by atoms with van der Waals surface area (Å²) in [5, 5.41) is 2.92. The van der Waals surface area contributed by atoms with Crippen LogP contribution in [0.3, 0.4) is 0 Å². The highest BCUT2D eigenvalue weighted by molar-refractivity contribution is 5.92. The molecule has 0 saturated carbocycles. The van der Waals surface area contributed by atoms with Crippen LogP contribution in [-0.4, -0.2) is 43.0 Å². The van der Waals surface area contributed by atoms with Crippen molar-refractivity contribution in [1.29, 1.82) is 0 Å². The number of rotatable bonds is 5. The number of likely N-dealkylation sites (tertiary alicyclic amines) is 1. The zero-order valence-corrected chi connectivity index (χ0v) is 14.6. The number of nitrogens with one attached hydrogen (secondary N) is 1. The van der Waals surface area contributed by atoms with Crippen LogP contribution in [0.4, 0.5) is 0 Å². The van der Waals surface area contributed by atoms with Crippen molar-refractivity contribution in [1.82, 2.24) is 10.2 Å². The highest BCUT2D eigenvalue weighted by Crippen LogP contribution is 2.30. The summed E-state index contributed by atoms with van der Waals surface area (Å²) in [4.78, 5) is 25.9. The third kappa shape index (κ3) is 3.76. The lowest BCUT2D eigenvalue weighted by atomic mass is 10.0. The van der Waals surface area contributed by atoms with E-state index in [2.05, 4.69) is 5.32 Å². The second kappa shape index (κ2) is 7.14. The fourth-order valence-corrected chi connectivity index (χ4v) is 3.19. The fraction of sp³-hybridized carbons (Fsp3) is 0.444. The highest BCUT2D eigenvalue weighted by atomic mass is 16.5. The first-order chi connectivity index (χ1) is 12.0. The van der Waals surface area contributed by atoms with E-state index < -0.39 is 0 Å². The van der Waals surface area contributed by atoms with E-state index in [1.54, 1.807) is 24.1 Å². The van der Waals surface area contributed by atoms with Gasteiger partial charge in [-0.05, 0) is 31.2 Å². The van der Waals surface area contributed by atoms with E-state index >= 15 is 0 Å². The first-order valence-corrected chi connectivity index (χ1v) is 8.18. The predicted octanol–water partition coefficient (Wildman–Crippen LogP) is 2.07. The lowest BCUT2D eigenvalue weighted by Crippen LogP contribution is -2.39. The number of amides is 2. The van der Waals surface area contributed by atoms with Crippen LogP contribution in [0.15, 0.2) is 33.1 Å². The van der Waals surface area contributed by atoms with Gasteiger partial charge in [0, 0.05) is 27.1 Å². The van der Waals surface area contributed by atoms with Crippen molar-refractivity contribution in [3.05, 3.63) is 47.3 Å². The van der Waals surface area contributed by atoms with Crippen LogP contribution >= 0.6 is 0 Å². The maximum absolute atomic E-state index is 12.7. The average molecular weight is 346 g/mol. The minimum absolute atomic E-state index is 0.0880. The Hall–Kier alpha value is -2.54. The van der Waals surface area contributed by atoms with E-state index in [1.807, 2.05) is 19.1 Å². The molecule has 2 aromatic rings. The molecule has 1 N–H and O–H groups in total. The molecule has 0 bridgehead atoms. The van der Waals surface area contributed by atoms with Crippen LogP contribution < -0.4 is 5.32 Å². The van der Waals surface area contributed by atoms with Gasteiger partial charge in [0.05, 0.1) is 12.0 Å². The summed E-state index contributed by atoms with van der Waals surface area (Å²) >= 11 is 0. The lowest BCUT2D eigenvalue weighted by Gasteiger charge is -2.16. The third-order valence-corrected chi connectivity index (χ3v) is 4.28. The molecule has 2 amide bonds. The second-order valence-electron chi connectivity index (χ2n) is 6.27. The minimum Gasteiger partial charge on any atom is -0.466 e. The average Bonchev–Trinajstić information content (AvgIpc) is 3.26. The van der Waals surface area contributed by atoms with E-state index in [4.69, 9.17) is 13.6 Å². The first-order valence-electron chi connectivity index (χ1n) is 8.18. The van der Waals surface area contributed by atoms with Gasteiger partial charge in [0.1, 0.15) is 23.9 Å². The van der Waals surface area contributed by atoms with E-state index in [9.17, 15) is 9.59 Å². The number of nitrogens with zero attached hydrogens (tertiary/aromatic N) is 1. The molecule has 0 aliphatic carbocycles. The molecule has 2 aromatic heterocycles. The topological polar surface area (TPSA) is 84.9 Å². The van der Waals surface area contributed by atoms with Gasteiger partial charge in [0.2, 0.25) is 5.91 Å². The number of methoxy groups -OCH3 is 1. The molecule has 7 nitrogen and oxygen atoms in total. The van der Waals surface area contributed by atoms with E-state index in [-0.39, 0.29) is 29.5 Å². The van der Waals surface area contributed by atoms with Gasteiger partial charge in [-0.25, -0.2) is 0 Å². The van der Waals surface area contributed by atoms with E-state index in [0.29, 0.717) is 25.5 Å². The highest BCUT2D eigenvalue weighted by Gasteiger charge is 2.39. The van der Waals surface area contributed by atoms with Crippen LogP contribution in [0, 0.1) is 6.92 Å². The normalized spacial score (nSPS) is 20.0. The molecule has 1 saturated heterocycles. The van der Waals surface area contributed by atoms with Crippen molar-refractivity contribution >= 4 is 11.8 Å². The quantitative estimate of drug-likeness (QED) is 0.896. The van der Waals surface area contributed by atoms with Crippen LogP contribution in [0.2, 0.25) is 0 Å². The number of carbonyl (C=O) groups is 2. The summed E-state index contributed by atoms with van der Waals surface area (Å²) in [6.07, 6.45) is 0. The molecule has 25 heavy (non-hydrogen) atoms. The molecule has 1 aliphatic rings. The van der Waals surface area contributed by atoms with E-state index in [1.165, 1.54) is 6.92 Å². The molecule has 3 heterocycles. The lowest BCUT2D eigenvalue weighted by molar-refractivity contribution is -0.119. The molecule has 1 aliphatic heterocycles. The zero-order valence-electron chi connectivity index (χ0n) is 14.6. The van der Waals surface area contributed by atoms with Crippen molar-refractivity contribution in [3.63, 3.8) is 0 Å². The van der Waals surface area contributed by atoms with Gasteiger partial charge in [-0.15, -0.1) is 0 Å². The van der Waals surface area contributed by atoms with Crippen molar-refractivity contribution in [2.75, 3.05) is 20.2 Å². The van der Waals surface area contributed by atoms with Crippen molar-refractivity contribution in [3.8, 4) is 0 Å². The molecular formula is C18H22N2O5. The molecule has 0 radical (unpaired) electrons. The van der Waals surface area contributed by atoms with Crippen molar-refractivity contribution in [2.45, 2.75) is 32.4 Å². The second-order valence-corrected chi connectivity index (χ2v) is 6.27. The van der Waals surface area contributed by atoms with Gasteiger partial charge in [0.15, 0.2) is 5.76 Å². The Morgan fingerprint density at radius 1 is 1.24 bits per heavy atom. The molecular weight excluding hydrogens is 324 g/mol. The summed E-state index contributed by atoms with van der Waals surface area (Å²) in [5.74, 6) is 2.01. The number of aryl methyl sites for hydroxylation is 1. The van der Waals surface area contributed by atoms with Gasteiger partial charge in [-0.3, -0.25) is 9.59 Å². The molecule has 7 heteroatoms. The Morgan fingerprint density at radius 3 is 2.68 bits per heavy atom. The molecule has 1 fully saturated rings. The van der Waals surface area contributed by atoms with Gasteiger partial charge in [-0.1, -0.05) is 0 Å². The Bertz CT molecular complexity index is 763. The smallest absolute Gasteiger partial charge is 0.289 e. The molecule has 0 unspecified atom stereocenters. The Kier molecular flexibility index (Phi) is 4.94. The Labute approximate surface area is 145 Å². The molecule has 0 aromatic carbocycles. The fourth-order valence-electron chi connectivity index (χ4n) is 3.19. The summed E-state index contributed by atoms with van der Waals surface area (Å²) in [5.41, 5.74) is 0. The zero-order chi connectivity index (χ0) is 18.0. The Morgan fingerprint density at radius 2 is 2.04 bits per heavy atom. The summed E-state index contributed by atoms with van der Waals surface area (Å²) in [7, 11) is 1.57. The van der Waals surface area contributed by atoms with E-state index in [0.717, 1.165) is 11.5 Å². The van der Waals surface area contributed by atoms with Crippen LogP contribution in [0.5, 0.6) is 0 Å². The Balaban J connectivity index is 1.78. The van der Waals surface area contributed by atoms with Gasteiger partial charge in [-0.2, -0.15) is 0 Å². The number of carbonyl (C=O) groups excluding carboxylic acids is 2. The van der Waals surface area contributed by atoms with Gasteiger partial charge < -0.3 is 23.8 Å². The third-order valence-electron chi connectivity index (χ3n) is 4.28. The van der Waals surface area contributed by atoms with Gasteiger partial charge in [0.25, 0.3) is 5.91 Å².